The molecule has 1 aliphatic heterocycles. The van der Waals surface area contributed by atoms with Gasteiger partial charge in [-0.2, -0.15) is 4.39 Å². The van der Waals surface area contributed by atoms with Crippen molar-refractivity contribution in [2.45, 2.75) is 24.9 Å². The molecule has 9 heteroatoms. The van der Waals surface area contributed by atoms with Crippen LogP contribution in [0.5, 0.6) is 5.75 Å². The fourth-order valence-corrected chi connectivity index (χ4v) is 4.70. The van der Waals surface area contributed by atoms with Crippen LogP contribution in [0.3, 0.4) is 0 Å². The average molecular weight is 533 g/mol. The van der Waals surface area contributed by atoms with Gasteiger partial charge in [0.2, 0.25) is 5.82 Å². The van der Waals surface area contributed by atoms with Gasteiger partial charge in [0.1, 0.15) is 12.4 Å². The Morgan fingerprint density at radius 2 is 1.67 bits per heavy atom. The number of piperidine rings is 1. The minimum Gasteiger partial charge on any atom is -0.488 e. The molecule has 0 aliphatic carbocycles. The molecule has 4 aromatic rings. The molecule has 3 aromatic carbocycles. The molecule has 39 heavy (non-hydrogen) atoms. The van der Waals surface area contributed by atoms with Crippen LogP contribution in [-0.2, 0) is 0 Å². The predicted molar refractivity (Wildman–Crippen MR) is 141 cm³/mol. The molecule has 1 unspecified atom stereocenters. The van der Waals surface area contributed by atoms with E-state index in [1.165, 1.54) is 36.7 Å². The predicted octanol–water partition coefficient (Wildman–Crippen LogP) is 5.58. The molecule has 200 valence electrons. The summed E-state index contributed by atoms with van der Waals surface area (Å²) in [4.78, 5) is 23.5. The first-order chi connectivity index (χ1) is 19.0. The number of nitrogens with zero attached hydrogens (tertiary/aromatic N) is 3. The van der Waals surface area contributed by atoms with Crippen molar-refractivity contribution in [2.24, 2.45) is 0 Å². The molecule has 1 atom stereocenters. The lowest BCUT2D eigenvalue weighted by Gasteiger charge is -2.38. The Kier molecular flexibility index (Phi) is 8.17. The van der Waals surface area contributed by atoms with E-state index in [0.29, 0.717) is 42.9 Å². The number of carbonyl (C=O) groups excluding carboxylic acids is 1. The second kappa shape index (κ2) is 12.1. The fourth-order valence-electron chi connectivity index (χ4n) is 4.70. The molecule has 6 nitrogen and oxygen atoms in total. The molecule has 0 spiro atoms. The number of rotatable bonds is 8. The Morgan fingerprint density at radius 3 is 2.38 bits per heavy atom. The maximum absolute atomic E-state index is 14.2. The smallest absolute Gasteiger partial charge is 0.254 e. The lowest BCUT2D eigenvalue weighted by atomic mass is 9.99. The highest BCUT2D eigenvalue weighted by atomic mass is 19.2. The van der Waals surface area contributed by atoms with Crippen molar-refractivity contribution in [1.82, 2.24) is 20.2 Å². The zero-order valence-electron chi connectivity index (χ0n) is 21.1. The van der Waals surface area contributed by atoms with Crippen LogP contribution in [0.2, 0.25) is 0 Å². The van der Waals surface area contributed by atoms with Crippen LogP contribution in [0.15, 0.2) is 85.2 Å². The molecule has 0 radical (unpaired) electrons. The number of likely N-dealkylation sites (tertiary alicyclic amines) is 1. The summed E-state index contributed by atoms with van der Waals surface area (Å²) in [7, 11) is 0. The van der Waals surface area contributed by atoms with Crippen molar-refractivity contribution >= 4 is 5.91 Å². The number of hydrogen-bond acceptors (Lipinski definition) is 5. The zero-order valence-corrected chi connectivity index (χ0v) is 21.1. The van der Waals surface area contributed by atoms with Crippen molar-refractivity contribution in [3.63, 3.8) is 0 Å². The monoisotopic (exact) mass is 532 g/mol. The van der Waals surface area contributed by atoms with Crippen molar-refractivity contribution in [1.29, 1.82) is 0 Å². The fraction of sp³-hybridized carbons (Fsp3) is 0.233. The minimum absolute atomic E-state index is 0.0466. The largest absolute Gasteiger partial charge is 0.488 e. The number of carbonyl (C=O) groups is 1. The second-order valence-corrected chi connectivity index (χ2v) is 9.38. The Labute approximate surface area is 224 Å². The maximum Gasteiger partial charge on any atom is 0.254 e. The molecule has 5 rings (SSSR count). The highest BCUT2D eigenvalue weighted by molar-refractivity contribution is 5.93. The third kappa shape index (κ3) is 6.43. The quantitative estimate of drug-likeness (QED) is 0.321. The van der Waals surface area contributed by atoms with E-state index in [4.69, 9.17) is 4.74 Å². The van der Waals surface area contributed by atoms with Crippen LogP contribution in [-0.4, -0.2) is 46.5 Å². The summed E-state index contributed by atoms with van der Waals surface area (Å²) in [5.41, 5.74) is 1.86. The van der Waals surface area contributed by atoms with Gasteiger partial charge < -0.3 is 10.1 Å². The van der Waals surface area contributed by atoms with E-state index in [9.17, 15) is 18.0 Å². The summed E-state index contributed by atoms with van der Waals surface area (Å²) >= 11 is 0. The number of benzene rings is 3. The molecule has 0 saturated carbocycles. The summed E-state index contributed by atoms with van der Waals surface area (Å²) in [5, 5.41) is 3.05. The first-order valence-electron chi connectivity index (χ1n) is 12.7. The topological polar surface area (TPSA) is 67.4 Å². The van der Waals surface area contributed by atoms with Gasteiger partial charge in [0, 0.05) is 37.1 Å². The molecular formula is C30H27F3N4O2. The normalized spacial score (nSPS) is 15.1. The summed E-state index contributed by atoms with van der Waals surface area (Å²) in [6.45, 7) is 1.50. The second-order valence-electron chi connectivity index (χ2n) is 9.38. The number of aromatic nitrogens is 2. The van der Waals surface area contributed by atoms with Gasteiger partial charge in [-0.15, -0.1) is 0 Å². The van der Waals surface area contributed by atoms with Crippen LogP contribution >= 0.6 is 0 Å². The minimum atomic E-state index is -1.00. The van der Waals surface area contributed by atoms with Gasteiger partial charge in [-0.25, -0.2) is 18.7 Å². The molecule has 1 N–H and O–H groups in total. The van der Waals surface area contributed by atoms with Crippen LogP contribution in [0.25, 0.3) is 11.4 Å². The molecule has 1 amide bonds. The van der Waals surface area contributed by atoms with E-state index in [2.05, 4.69) is 20.2 Å². The molecule has 0 bridgehead atoms. The van der Waals surface area contributed by atoms with Gasteiger partial charge >= 0.3 is 0 Å². The highest BCUT2D eigenvalue weighted by Gasteiger charge is 2.28. The van der Waals surface area contributed by atoms with Crippen molar-refractivity contribution in [3.8, 4) is 17.1 Å². The van der Waals surface area contributed by atoms with E-state index in [0.717, 1.165) is 11.6 Å². The molecule has 1 aliphatic rings. The van der Waals surface area contributed by atoms with E-state index < -0.39 is 11.6 Å². The SMILES string of the molecule is O=C(NC1CCN(C(COc2cccc(F)c2F)c2ccccc2)CC1)c1cnc(-c2cccc(F)c2)nc1. The first kappa shape index (κ1) is 26.4. The summed E-state index contributed by atoms with van der Waals surface area (Å²) in [5.74, 6) is -2.39. The first-order valence-corrected chi connectivity index (χ1v) is 12.7. The molecule has 1 fully saturated rings. The lowest BCUT2D eigenvalue weighted by molar-refractivity contribution is 0.0832. The Morgan fingerprint density at radius 1 is 0.949 bits per heavy atom. The number of halogens is 3. The molecular weight excluding hydrogens is 505 g/mol. The van der Waals surface area contributed by atoms with E-state index >= 15 is 0 Å². The Balaban J connectivity index is 1.19. The van der Waals surface area contributed by atoms with Crippen molar-refractivity contribution in [2.75, 3.05) is 19.7 Å². The van der Waals surface area contributed by atoms with Gasteiger partial charge in [-0.1, -0.05) is 48.5 Å². The Bertz CT molecular complexity index is 1410. The van der Waals surface area contributed by atoms with Crippen molar-refractivity contribution < 1.29 is 22.7 Å². The number of ether oxygens (including phenoxy) is 1. The maximum atomic E-state index is 14.2. The highest BCUT2D eigenvalue weighted by Crippen LogP contribution is 2.27. The Hall–Kier alpha value is -4.24. The molecule has 2 heterocycles. The number of nitrogens with one attached hydrogen (secondary N) is 1. The summed E-state index contributed by atoms with van der Waals surface area (Å²) in [6, 6.07) is 19.4. The van der Waals surface area contributed by atoms with Crippen LogP contribution in [0.1, 0.15) is 34.8 Å². The number of amides is 1. The lowest BCUT2D eigenvalue weighted by Crippen LogP contribution is -2.46. The summed E-state index contributed by atoms with van der Waals surface area (Å²) < 4.78 is 47.0. The molecule has 1 aromatic heterocycles. The van der Waals surface area contributed by atoms with Gasteiger partial charge in [-0.05, 0) is 42.7 Å². The standard InChI is InChI=1S/C30H27F3N4O2/c31-23-9-4-8-21(16-23)29-34-17-22(18-35-29)30(38)36-24-12-14-37(15-13-24)26(20-6-2-1-3-7-20)19-39-27-11-5-10-25(32)28(27)33/h1-11,16-18,24,26H,12-15,19H2,(H,36,38). The van der Waals surface area contributed by atoms with E-state index in [1.807, 2.05) is 30.3 Å². The summed E-state index contributed by atoms with van der Waals surface area (Å²) in [6.07, 6.45) is 4.27. The third-order valence-corrected chi connectivity index (χ3v) is 6.80. The van der Waals surface area contributed by atoms with E-state index in [-0.39, 0.29) is 36.2 Å². The third-order valence-electron chi connectivity index (χ3n) is 6.80. The van der Waals surface area contributed by atoms with E-state index in [1.54, 1.807) is 12.1 Å². The van der Waals surface area contributed by atoms with Crippen molar-refractivity contribution in [3.05, 3.63) is 114 Å². The average Bonchev–Trinajstić information content (AvgIpc) is 2.97. The zero-order chi connectivity index (χ0) is 27.2. The van der Waals surface area contributed by atoms with Gasteiger partial charge in [0.15, 0.2) is 17.4 Å². The van der Waals surface area contributed by atoms with Gasteiger partial charge in [0.25, 0.3) is 5.91 Å². The van der Waals surface area contributed by atoms with Gasteiger partial charge in [0.05, 0.1) is 11.6 Å². The van der Waals surface area contributed by atoms with Crippen LogP contribution in [0, 0.1) is 17.5 Å². The number of hydrogen-bond donors (Lipinski definition) is 1. The van der Waals surface area contributed by atoms with Gasteiger partial charge in [-0.3, -0.25) is 9.69 Å². The van der Waals surface area contributed by atoms with Crippen LogP contribution < -0.4 is 10.1 Å². The molecule has 1 saturated heterocycles. The van der Waals surface area contributed by atoms with Crippen LogP contribution in [0.4, 0.5) is 13.2 Å².